The number of carboxylic acid groups (broad SMARTS) is 1. The first-order valence-corrected chi connectivity index (χ1v) is 9.19. The van der Waals surface area contributed by atoms with Crippen LogP contribution in [-0.2, 0) is 22.9 Å². The molecule has 0 bridgehead atoms. The van der Waals surface area contributed by atoms with E-state index in [1.807, 2.05) is 0 Å². The molecule has 1 aromatic rings. The van der Waals surface area contributed by atoms with Crippen molar-refractivity contribution in [3.8, 4) is 0 Å². The molecule has 2 aliphatic rings. The summed E-state index contributed by atoms with van der Waals surface area (Å²) in [7, 11) is -2.03. The van der Waals surface area contributed by atoms with Crippen LogP contribution in [0.3, 0.4) is 0 Å². The van der Waals surface area contributed by atoms with Gasteiger partial charge in [-0.25, -0.2) is 17.5 Å². The summed E-state index contributed by atoms with van der Waals surface area (Å²) < 4.78 is 27.1. The van der Waals surface area contributed by atoms with Gasteiger partial charge in [-0.15, -0.1) is 0 Å². The highest BCUT2D eigenvalue weighted by atomic mass is 32.2. The van der Waals surface area contributed by atoms with Crippen molar-refractivity contribution in [3.05, 3.63) is 28.8 Å². The molecule has 0 saturated heterocycles. The minimum absolute atomic E-state index is 0.0686. The van der Waals surface area contributed by atoms with Crippen LogP contribution in [0.5, 0.6) is 0 Å². The molecule has 0 aliphatic heterocycles. The monoisotopic (exact) mass is 323 g/mol. The van der Waals surface area contributed by atoms with Crippen molar-refractivity contribution >= 4 is 16.0 Å². The molecule has 0 unspecified atom stereocenters. The molecule has 120 valence electrons. The van der Waals surface area contributed by atoms with Gasteiger partial charge < -0.3 is 5.11 Å². The fraction of sp³-hybridized carbons (Fsp3) is 0.562. The van der Waals surface area contributed by atoms with Crippen molar-refractivity contribution in [2.45, 2.75) is 43.4 Å². The Morgan fingerprint density at radius 1 is 1.27 bits per heavy atom. The third-order valence-corrected chi connectivity index (χ3v) is 6.46. The van der Waals surface area contributed by atoms with Gasteiger partial charge in [0.25, 0.3) is 0 Å². The molecule has 1 N–H and O–H groups in total. The molecule has 22 heavy (non-hydrogen) atoms. The Hall–Kier alpha value is -1.40. The maximum absolute atomic E-state index is 12.9. The fourth-order valence-electron chi connectivity index (χ4n) is 3.11. The molecule has 3 rings (SSSR count). The number of sulfonamides is 1. The molecule has 1 fully saturated rings. The number of rotatable bonds is 5. The van der Waals surface area contributed by atoms with Crippen molar-refractivity contribution in [1.29, 1.82) is 0 Å². The van der Waals surface area contributed by atoms with Crippen LogP contribution >= 0.6 is 0 Å². The first-order chi connectivity index (χ1) is 10.4. The normalized spacial score (nSPS) is 18.3. The van der Waals surface area contributed by atoms with Crippen LogP contribution in [0.4, 0.5) is 0 Å². The molecule has 5 nitrogen and oxygen atoms in total. The van der Waals surface area contributed by atoms with Gasteiger partial charge in [-0.3, -0.25) is 0 Å². The summed E-state index contributed by atoms with van der Waals surface area (Å²) in [6.07, 6.45) is 5.55. The first kappa shape index (κ1) is 15.5. The summed E-state index contributed by atoms with van der Waals surface area (Å²) in [6, 6.07) is 2.97. The van der Waals surface area contributed by atoms with Crippen LogP contribution in [0.1, 0.15) is 47.2 Å². The van der Waals surface area contributed by atoms with Gasteiger partial charge in [-0.05, 0) is 67.7 Å². The van der Waals surface area contributed by atoms with Gasteiger partial charge in [0.05, 0.1) is 10.5 Å². The van der Waals surface area contributed by atoms with E-state index in [4.69, 9.17) is 0 Å². The van der Waals surface area contributed by atoms with Gasteiger partial charge in [0.1, 0.15) is 0 Å². The van der Waals surface area contributed by atoms with E-state index >= 15 is 0 Å². The second-order valence-corrected chi connectivity index (χ2v) is 8.37. The Morgan fingerprint density at radius 3 is 2.59 bits per heavy atom. The summed E-state index contributed by atoms with van der Waals surface area (Å²) in [5.74, 6) is -0.618. The van der Waals surface area contributed by atoms with Gasteiger partial charge in [0.2, 0.25) is 10.0 Å². The van der Waals surface area contributed by atoms with Gasteiger partial charge in [0, 0.05) is 13.6 Å². The lowest BCUT2D eigenvalue weighted by atomic mass is 9.90. The number of aryl methyl sites for hydroxylation is 1. The van der Waals surface area contributed by atoms with Gasteiger partial charge in [-0.2, -0.15) is 0 Å². The van der Waals surface area contributed by atoms with E-state index in [2.05, 4.69) is 0 Å². The lowest BCUT2D eigenvalue weighted by molar-refractivity contribution is 0.0696. The number of aromatic carboxylic acids is 1. The van der Waals surface area contributed by atoms with E-state index in [1.54, 1.807) is 13.1 Å². The quantitative estimate of drug-likeness (QED) is 0.902. The lowest BCUT2D eigenvalue weighted by Crippen LogP contribution is -2.30. The summed E-state index contributed by atoms with van der Waals surface area (Å²) in [4.78, 5) is 11.5. The third kappa shape index (κ3) is 2.90. The van der Waals surface area contributed by atoms with Crippen LogP contribution in [0.25, 0.3) is 0 Å². The zero-order valence-electron chi connectivity index (χ0n) is 12.7. The molecule has 0 spiro atoms. The van der Waals surface area contributed by atoms with Gasteiger partial charge in [-0.1, -0.05) is 0 Å². The van der Waals surface area contributed by atoms with Gasteiger partial charge >= 0.3 is 5.97 Å². The van der Waals surface area contributed by atoms with Crippen molar-refractivity contribution < 1.29 is 18.3 Å². The summed E-state index contributed by atoms with van der Waals surface area (Å²) >= 11 is 0. The maximum atomic E-state index is 12.9. The number of nitrogens with zero attached hydrogens (tertiary/aromatic N) is 1. The number of carboxylic acids is 1. The SMILES string of the molecule is CN(CC1CC1)S(=O)(=O)c1cc(C(=O)O)cc2c1CCCC2. The third-order valence-electron chi connectivity index (χ3n) is 4.57. The minimum Gasteiger partial charge on any atom is -0.478 e. The first-order valence-electron chi connectivity index (χ1n) is 7.75. The van der Waals surface area contributed by atoms with E-state index in [1.165, 1.54) is 10.4 Å². The van der Waals surface area contributed by atoms with Gasteiger partial charge in [0.15, 0.2) is 0 Å². The molecule has 6 heteroatoms. The highest BCUT2D eigenvalue weighted by molar-refractivity contribution is 7.89. The second-order valence-electron chi connectivity index (χ2n) is 6.35. The Balaban J connectivity index is 2.07. The molecule has 1 aromatic carbocycles. The number of hydrogen-bond donors (Lipinski definition) is 1. The van der Waals surface area contributed by atoms with Crippen molar-refractivity contribution in [3.63, 3.8) is 0 Å². The number of carbonyl (C=O) groups is 1. The molecule has 0 radical (unpaired) electrons. The molecule has 0 heterocycles. The predicted octanol–water partition coefficient (Wildman–Crippen LogP) is 2.29. The molecular weight excluding hydrogens is 302 g/mol. The van der Waals surface area contributed by atoms with Crippen molar-refractivity contribution in [1.82, 2.24) is 4.31 Å². The fourth-order valence-corrected chi connectivity index (χ4v) is 4.67. The van der Waals surface area contributed by atoms with Crippen LogP contribution < -0.4 is 0 Å². The van der Waals surface area contributed by atoms with E-state index in [0.29, 0.717) is 18.9 Å². The largest absolute Gasteiger partial charge is 0.478 e. The summed E-state index contributed by atoms with van der Waals surface area (Å²) in [5, 5.41) is 9.26. The molecular formula is C16H21NO4S. The lowest BCUT2D eigenvalue weighted by Gasteiger charge is -2.24. The molecule has 0 aromatic heterocycles. The van der Waals surface area contributed by atoms with Crippen molar-refractivity contribution in [2.24, 2.45) is 5.92 Å². The van der Waals surface area contributed by atoms with E-state index < -0.39 is 16.0 Å². The van der Waals surface area contributed by atoms with Crippen molar-refractivity contribution in [2.75, 3.05) is 13.6 Å². The average molecular weight is 323 g/mol. The number of fused-ring (bicyclic) bond motifs is 1. The van der Waals surface area contributed by atoms with Crippen LogP contribution in [0, 0.1) is 5.92 Å². The van der Waals surface area contributed by atoms with Crippen LogP contribution in [0.2, 0.25) is 0 Å². The van der Waals surface area contributed by atoms with E-state index in [9.17, 15) is 18.3 Å². The summed E-state index contributed by atoms with van der Waals surface area (Å²) in [6.45, 7) is 0.522. The number of benzene rings is 1. The smallest absolute Gasteiger partial charge is 0.335 e. The highest BCUT2D eigenvalue weighted by Crippen LogP contribution is 2.34. The zero-order chi connectivity index (χ0) is 15.9. The van der Waals surface area contributed by atoms with Crippen LogP contribution in [0.15, 0.2) is 17.0 Å². The predicted molar refractivity (Wildman–Crippen MR) is 82.6 cm³/mol. The zero-order valence-corrected chi connectivity index (χ0v) is 13.5. The number of hydrogen-bond acceptors (Lipinski definition) is 3. The summed E-state index contributed by atoms with van der Waals surface area (Å²) in [5.41, 5.74) is 1.77. The second kappa shape index (κ2) is 5.66. The van der Waals surface area contributed by atoms with Crippen LogP contribution in [-0.4, -0.2) is 37.4 Å². The average Bonchev–Trinajstić information content (AvgIpc) is 3.29. The Kier molecular flexibility index (Phi) is 3.99. The minimum atomic E-state index is -3.62. The molecule has 0 atom stereocenters. The Bertz CT molecular complexity index is 707. The highest BCUT2D eigenvalue weighted by Gasteiger charge is 2.32. The molecule has 2 aliphatic carbocycles. The van der Waals surface area contributed by atoms with E-state index in [0.717, 1.165) is 43.2 Å². The Labute approximate surface area is 131 Å². The maximum Gasteiger partial charge on any atom is 0.335 e. The van der Waals surface area contributed by atoms with E-state index in [-0.39, 0.29) is 10.5 Å². The molecule has 1 saturated carbocycles. The topological polar surface area (TPSA) is 74.7 Å². The standard InChI is InChI=1S/C16H21NO4S/c1-17(10-11-6-7-11)22(20,21)15-9-13(16(18)19)8-12-4-2-3-5-14(12)15/h8-9,11H,2-7,10H2,1H3,(H,18,19). The Morgan fingerprint density at radius 2 is 1.95 bits per heavy atom. The molecule has 0 amide bonds.